The van der Waals surface area contributed by atoms with E-state index < -0.39 is 4.92 Å². The van der Waals surface area contributed by atoms with Gasteiger partial charge in [-0.25, -0.2) is 0 Å². The summed E-state index contributed by atoms with van der Waals surface area (Å²) >= 11 is 0. The summed E-state index contributed by atoms with van der Waals surface area (Å²) in [6.45, 7) is 2.02. The first-order valence-electron chi connectivity index (χ1n) is 9.61. The SMILES string of the molecule is CCCC1=NN(c2ccccc2)C(=O)/C1=C\c1ccc(-c2ccccc2[N+](=O)[O-])o1. The van der Waals surface area contributed by atoms with Crippen LogP contribution < -0.4 is 5.01 Å². The molecule has 0 radical (unpaired) electrons. The highest BCUT2D eigenvalue weighted by Gasteiger charge is 2.31. The zero-order valence-electron chi connectivity index (χ0n) is 16.3. The first-order chi connectivity index (χ1) is 14.6. The molecule has 4 rings (SSSR count). The molecule has 1 aliphatic heterocycles. The molecule has 7 nitrogen and oxygen atoms in total. The first kappa shape index (κ1) is 19.3. The van der Waals surface area contributed by atoms with Crippen LogP contribution in [0.3, 0.4) is 0 Å². The number of carbonyl (C=O) groups is 1. The quantitative estimate of drug-likeness (QED) is 0.312. The number of para-hydroxylation sites is 2. The summed E-state index contributed by atoms with van der Waals surface area (Å²) in [7, 11) is 0. The molecular formula is C23H19N3O4. The van der Waals surface area contributed by atoms with Crippen molar-refractivity contribution < 1.29 is 14.1 Å². The van der Waals surface area contributed by atoms with Crippen LogP contribution in [-0.2, 0) is 4.79 Å². The molecule has 0 aliphatic carbocycles. The van der Waals surface area contributed by atoms with Gasteiger partial charge in [0.15, 0.2) is 0 Å². The fourth-order valence-corrected chi connectivity index (χ4v) is 3.33. The standard InChI is InChI=1S/C23H19N3O4/c1-2-8-20-19(23(27)25(24-20)16-9-4-3-5-10-16)15-17-13-14-22(30-17)18-11-6-7-12-21(18)26(28)29/h3-7,9-15H,2,8H2,1H3/b19-15-. The molecule has 150 valence electrons. The normalized spacial score (nSPS) is 15.0. The lowest BCUT2D eigenvalue weighted by Crippen LogP contribution is -2.21. The summed E-state index contributed by atoms with van der Waals surface area (Å²) in [6.07, 6.45) is 3.14. The van der Waals surface area contributed by atoms with Crippen molar-refractivity contribution in [3.05, 3.63) is 88.2 Å². The molecule has 1 amide bonds. The predicted molar refractivity (Wildman–Crippen MR) is 115 cm³/mol. The number of nitro groups is 1. The third-order valence-electron chi connectivity index (χ3n) is 4.72. The largest absolute Gasteiger partial charge is 0.456 e. The van der Waals surface area contributed by atoms with Crippen molar-refractivity contribution >= 4 is 29.1 Å². The van der Waals surface area contributed by atoms with Crippen LogP contribution in [0.1, 0.15) is 25.5 Å². The summed E-state index contributed by atoms with van der Waals surface area (Å²) in [6, 6.07) is 19.0. The Hall–Kier alpha value is -4.00. The lowest BCUT2D eigenvalue weighted by Gasteiger charge is -2.10. The zero-order valence-corrected chi connectivity index (χ0v) is 16.3. The molecule has 2 aromatic carbocycles. The highest BCUT2D eigenvalue weighted by Crippen LogP contribution is 2.32. The molecule has 1 aliphatic rings. The number of nitro benzene ring substituents is 1. The topological polar surface area (TPSA) is 89.0 Å². The summed E-state index contributed by atoms with van der Waals surface area (Å²) in [5.74, 6) is 0.576. The van der Waals surface area contributed by atoms with Gasteiger partial charge in [-0.3, -0.25) is 14.9 Å². The zero-order chi connectivity index (χ0) is 21.1. The van der Waals surface area contributed by atoms with Crippen molar-refractivity contribution in [3.63, 3.8) is 0 Å². The molecule has 7 heteroatoms. The third kappa shape index (κ3) is 3.65. The van der Waals surface area contributed by atoms with Crippen LogP contribution in [0.4, 0.5) is 11.4 Å². The third-order valence-corrected chi connectivity index (χ3v) is 4.72. The Kier molecular flexibility index (Phi) is 5.26. The molecule has 0 bridgehead atoms. The van der Waals surface area contributed by atoms with E-state index in [1.807, 2.05) is 37.3 Å². The van der Waals surface area contributed by atoms with Crippen LogP contribution >= 0.6 is 0 Å². The molecule has 2 heterocycles. The minimum absolute atomic E-state index is 0.0357. The average molecular weight is 401 g/mol. The van der Waals surface area contributed by atoms with Crippen LogP contribution in [0.15, 0.2) is 81.8 Å². The second-order valence-electron chi connectivity index (χ2n) is 6.78. The van der Waals surface area contributed by atoms with Gasteiger partial charge >= 0.3 is 0 Å². The highest BCUT2D eigenvalue weighted by molar-refractivity contribution is 6.32. The van der Waals surface area contributed by atoms with Crippen LogP contribution in [0.25, 0.3) is 17.4 Å². The number of rotatable bonds is 6. The Morgan fingerprint density at radius 2 is 1.80 bits per heavy atom. The smallest absolute Gasteiger partial charge is 0.280 e. The number of furan rings is 1. The van der Waals surface area contributed by atoms with Crippen LogP contribution in [-0.4, -0.2) is 16.5 Å². The van der Waals surface area contributed by atoms with Gasteiger partial charge in [0.05, 0.1) is 27.5 Å². The maximum absolute atomic E-state index is 13.0. The van der Waals surface area contributed by atoms with Gasteiger partial charge in [0, 0.05) is 6.07 Å². The highest BCUT2D eigenvalue weighted by atomic mass is 16.6. The first-order valence-corrected chi connectivity index (χ1v) is 9.61. The van der Waals surface area contributed by atoms with Crippen molar-refractivity contribution in [1.82, 2.24) is 0 Å². The molecule has 0 saturated carbocycles. The van der Waals surface area contributed by atoms with E-state index in [0.29, 0.717) is 40.5 Å². The predicted octanol–water partition coefficient (Wildman–Crippen LogP) is 5.44. The minimum Gasteiger partial charge on any atom is -0.456 e. The van der Waals surface area contributed by atoms with E-state index in [4.69, 9.17) is 4.42 Å². The fourth-order valence-electron chi connectivity index (χ4n) is 3.33. The van der Waals surface area contributed by atoms with Crippen molar-refractivity contribution in [2.24, 2.45) is 5.10 Å². The molecule has 0 saturated heterocycles. The number of hydrogen-bond acceptors (Lipinski definition) is 5. The molecule has 0 spiro atoms. The van der Waals surface area contributed by atoms with Gasteiger partial charge in [-0.05, 0) is 42.8 Å². The number of carbonyl (C=O) groups excluding carboxylic acids is 1. The number of anilines is 1. The number of hydrazone groups is 1. The van der Waals surface area contributed by atoms with Crippen molar-refractivity contribution in [2.75, 3.05) is 5.01 Å². The molecule has 0 atom stereocenters. The van der Waals surface area contributed by atoms with Gasteiger partial charge < -0.3 is 4.42 Å². The number of hydrogen-bond donors (Lipinski definition) is 0. The van der Waals surface area contributed by atoms with Gasteiger partial charge in [-0.15, -0.1) is 0 Å². The molecular weight excluding hydrogens is 382 g/mol. The second-order valence-corrected chi connectivity index (χ2v) is 6.78. The molecule has 0 N–H and O–H groups in total. The van der Waals surface area contributed by atoms with Crippen molar-refractivity contribution in [3.8, 4) is 11.3 Å². The van der Waals surface area contributed by atoms with E-state index in [1.54, 1.807) is 36.4 Å². The number of nitrogens with zero attached hydrogens (tertiary/aromatic N) is 3. The van der Waals surface area contributed by atoms with Gasteiger partial charge in [0.2, 0.25) is 0 Å². The summed E-state index contributed by atoms with van der Waals surface area (Å²) in [4.78, 5) is 23.9. The van der Waals surface area contributed by atoms with Gasteiger partial charge in [0.25, 0.3) is 11.6 Å². The van der Waals surface area contributed by atoms with E-state index in [0.717, 1.165) is 6.42 Å². The van der Waals surface area contributed by atoms with Gasteiger partial charge in [-0.1, -0.05) is 43.7 Å². The Labute approximate surface area is 173 Å². The van der Waals surface area contributed by atoms with Crippen LogP contribution in [0.2, 0.25) is 0 Å². The van der Waals surface area contributed by atoms with Crippen molar-refractivity contribution in [1.29, 1.82) is 0 Å². The minimum atomic E-state index is -0.444. The summed E-state index contributed by atoms with van der Waals surface area (Å²) < 4.78 is 5.83. The molecule has 0 unspecified atom stereocenters. The number of amides is 1. The molecule has 0 fully saturated rings. The molecule has 30 heavy (non-hydrogen) atoms. The fraction of sp³-hybridized carbons (Fsp3) is 0.130. The summed E-state index contributed by atoms with van der Waals surface area (Å²) in [5, 5.41) is 17.2. The van der Waals surface area contributed by atoms with E-state index in [9.17, 15) is 14.9 Å². The maximum atomic E-state index is 13.0. The Morgan fingerprint density at radius 3 is 2.53 bits per heavy atom. The Bertz CT molecular complexity index is 1160. The maximum Gasteiger partial charge on any atom is 0.280 e. The van der Waals surface area contributed by atoms with Crippen molar-refractivity contribution in [2.45, 2.75) is 19.8 Å². The monoisotopic (exact) mass is 401 g/mol. The van der Waals surface area contributed by atoms with E-state index in [2.05, 4.69) is 5.10 Å². The van der Waals surface area contributed by atoms with Crippen LogP contribution in [0.5, 0.6) is 0 Å². The van der Waals surface area contributed by atoms with E-state index in [1.165, 1.54) is 11.1 Å². The van der Waals surface area contributed by atoms with Crippen LogP contribution in [0, 0.1) is 10.1 Å². The Balaban J connectivity index is 1.69. The van der Waals surface area contributed by atoms with E-state index in [-0.39, 0.29) is 11.6 Å². The molecule has 1 aromatic heterocycles. The average Bonchev–Trinajstić information content (AvgIpc) is 3.35. The van der Waals surface area contributed by atoms with Gasteiger partial charge in [0.1, 0.15) is 11.5 Å². The van der Waals surface area contributed by atoms with E-state index >= 15 is 0 Å². The lowest BCUT2D eigenvalue weighted by molar-refractivity contribution is -0.384. The summed E-state index contributed by atoms with van der Waals surface area (Å²) in [5.41, 5.74) is 2.20. The lowest BCUT2D eigenvalue weighted by atomic mass is 10.1. The Morgan fingerprint density at radius 1 is 1.07 bits per heavy atom. The number of benzene rings is 2. The second kappa shape index (κ2) is 8.16. The molecule has 3 aromatic rings. The van der Waals surface area contributed by atoms with Gasteiger partial charge in [-0.2, -0.15) is 10.1 Å².